The summed E-state index contributed by atoms with van der Waals surface area (Å²) in [5.41, 5.74) is 0. The molecule has 0 saturated heterocycles. The maximum absolute atomic E-state index is 10.6. The van der Waals surface area contributed by atoms with E-state index in [2.05, 4.69) is 4.99 Å². The number of aromatic hydroxyl groups is 2. The predicted octanol–water partition coefficient (Wildman–Crippen LogP) is -1.04. The Morgan fingerprint density at radius 1 is 1.29 bits per heavy atom. The van der Waals surface area contributed by atoms with E-state index in [4.69, 9.17) is 15.3 Å². The van der Waals surface area contributed by atoms with Crippen molar-refractivity contribution in [3.8, 4) is 11.5 Å². The first-order chi connectivity index (χ1) is 6.58. The van der Waals surface area contributed by atoms with Gasteiger partial charge in [0, 0.05) is 11.3 Å². The number of carboxylic acids is 1. The number of hydrogen-bond donors (Lipinski definition) is 3. The Hall–Kier alpha value is -2.04. The van der Waals surface area contributed by atoms with E-state index in [1.54, 1.807) is 0 Å². The van der Waals surface area contributed by atoms with Crippen LogP contribution < -0.4 is 10.6 Å². The van der Waals surface area contributed by atoms with Crippen LogP contribution in [-0.2, 0) is 4.79 Å². The summed E-state index contributed by atoms with van der Waals surface area (Å²) in [6.45, 7) is 0. The molecule has 0 radical (unpaired) electrons. The van der Waals surface area contributed by atoms with Gasteiger partial charge in [-0.2, -0.15) is 0 Å². The fourth-order valence-corrected chi connectivity index (χ4v) is 1.31. The van der Waals surface area contributed by atoms with Crippen LogP contribution >= 0.6 is 0 Å². The Morgan fingerprint density at radius 2 is 1.93 bits per heavy atom. The minimum atomic E-state index is -1.06. The van der Waals surface area contributed by atoms with Crippen molar-refractivity contribution in [3.63, 3.8) is 0 Å². The first-order valence-corrected chi connectivity index (χ1v) is 3.92. The lowest BCUT2D eigenvalue weighted by Crippen LogP contribution is -2.20. The third-order valence-electron chi connectivity index (χ3n) is 1.99. The molecule has 1 aliphatic rings. The van der Waals surface area contributed by atoms with Crippen molar-refractivity contribution in [2.75, 3.05) is 0 Å². The van der Waals surface area contributed by atoms with Gasteiger partial charge in [0.1, 0.15) is 0 Å². The summed E-state index contributed by atoms with van der Waals surface area (Å²) in [6.07, 6.45) is 1.41. The fourth-order valence-electron chi connectivity index (χ4n) is 1.31. The van der Waals surface area contributed by atoms with E-state index < -0.39 is 12.0 Å². The van der Waals surface area contributed by atoms with E-state index >= 15 is 0 Å². The van der Waals surface area contributed by atoms with E-state index in [9.17, 15) is 4.79 Å². The minimum Gasteiger partial charge on any atom is -0.504 e. The van der Waals surface area contributed by atoms with Gasteiger partial charge in [0.2, 0.25) is 0 Å². The van der Waals surface area contributed by atoms with Crippen LogP contribution in [0.1, 0.15) is 0 Å². The second-order valence-electron chi connectivity index (χ2n) is 2.98. The molecule has 2 rings (SSSR count). The Kier molecular flexibility index (Phi) is 1.67. The summed E-state index contributed by atoms with van der Waals surface area (Å²) < 4.78 is 0. The van der Waals surface area contributed by atoms with Crippen molar-refractivity contribution >= 4 is 12.0 Å². The molecular formula is C9H7NO4. The monoisotopic (exact) mass is 193 g/mol. The molecular weight excluding hydrogens is 186 g/mol. The molecule has 5 nitrogen and oxygen atoms in total. The highest BCUT2D eigenvalue weighted by Crippen LogP contribution is 2.19. The summed E-state index contributed by atoms with van der Waals surface area (Å²) in [4.78, 5) is 14.4. The summed E-state index contributed by atoms with van der Waals surface area (Å²) in [6, 6.07) is 1.60. The van der Waals surface area contributed by atoms with Crippen molar-refractivity contribution in [2.45, 2.75) is 6.04 Å². The van der Waals surface area contributed by atoms with Gasteiger partial charge in [-0.3, -0.25) is 4.99 Å². The molecule has 0 unspecified atom stereocenters. The normalized spacial score (nSPS) is 18.1. The summed E-state index contributed by atoms with van der Waals surface area (Å²) in [7, 11) is 0. The maximum Gasteiger partial charge on any atom is 0.332 e. The third-order valence-corrected chi connectivity index (χ3v) is 1.99. The van der Waals surface area contributed by atoms with Crippen LogP contribution in [0.15, 0.2) is 17.1 Å². The number of carbonyl (C=O) groups is 1. The van der Waals surface area contributed by atoms with Crippen LogP contribution in [0.5, 0.6) is 11.5 Å². The van der Waals surface area contributed by atoms with E-state index in [0.29, 0.717) is 10.6 Å². The van der Waals surface area contributed by atoms with E-state index in [1.165, 1.54) is 18.2 Å². The van der Waals surface area contributed by atoms with Crippen LogP contribution in [0.2, 0.25) is 0 Å². The Morgan fingerprint density at radius 3 is 2.57 bits per heavy atom. The predicted molar refractivity (Wildman–Crippen MR) is 46.4 cm³/mol. The molecule has 1 aliphatic heterocycles. The second kappa shape index (κ2) is 2.73. The Labute approximate surface area is 78.3 Å². The number of rotatable bonds is 1. The number of nitrogens with zero attached hydrogens (tertiary/aromatic N) is 1. The van der Waals surface area contributed by atoms with Crippen LogP contribution in [0.25, 0.3) is 6.08 Å². The van der Waals surface area contributed by atoms with Crippen LogP contribution in [-0.4, -0.2) is 27.3 Å². The van der Waals surface area contributed by atoms with Crippen molar-refractivity contribution in [2.24, 2.45) is 4.99 Å². The summed E-state index contributed by atoms with van der Waals surface area (Å²) >= 11 is 0. The van der Waals surface area contributed by atoms with Gasteiger partial charge in [0.25, 0.3) is 0 Å². The SMILES string of the molecule is O=C(O)[C@@H]1C=c2cc(O)c(O)cc2=N1. The van der Waals surface area contributed by atoms with Gasteiger partial charge in [0.15, 0.2) is 17.5 Å². The highest BCUT2D eigenvalue weighted by molar-refractivity contribution is 5.82. The number of aliphatic carboxylic acids is 1. The zero-order valence-electron chi connectivity index (χ0n) is 7.01. The molecule has 0 fully saturated rings. The molecule has 1 heterocycles. The molecule has 5 heteroatoms. The summed E-state index contributed by atoms with van der Waals surface area (Å²) in [5.74, 6) is -1.63. The number of phenolic OH excluding ortho intramolecular Hbond substituents is 2. The molecule has 0 aliphatic carbocycles. The number of hydrogen-bond acceptors (Lipinski definition) is 4. The maximum atomic E-state index is 10.6. The molecule has 14 heavy (non-hydrogen) atoms. The van der Waals surface area contributed by atoms with Gasteiger partial charge < -0.3 is 15.3 Å². The number of phenols is 2. The van der Waals surface area contributed by atoms with E-state index in [1.807, 2.05) is 0 Å². The minimum absolute atomic E-state index is 0.277. The summed E-state index contributed by atoms with van der Waals surface area (Å²) in [5, 5.41) is 27.9. The topological polar surface area (TPSA) is 90.1 Å². The van der Waals surface area contributed by atoms with Crippen LogP contribution in [0.3, 0.4) is 0 Å². The van der Waals surface area contributed by atoms with Gasteiger partial charge in [-0.25, -0.2) is 4.79 Å². The van der Waals surface area contributed by atoms with Crippen molar-refractivity contribution in [3.05, 3.63) is 22.7 Å². The quantitative estimate of drug-likeness (QED) is 0.497. The fraction of sp³-hybridized carbons (Fsp3) is 0.111. The zero-order chi connectivity index (χ0) is 10.3. The largest absolute Gasteiger partial charge is 0.504 e. The highest BCUT2D eigenvalue weighted by Gasteiger charge is 2.17. The van der Waals surface area contributed by atoms with Crippen LogP contribution in [0, 0.1) is 0 Å². The van der Waals surface area contributed by atoms with Gasteiger partial charge in [-0.15, -0.1) is 0 Å². The molecule has 72 valence electrons. The Bertz CT molecular complexity index is 479. The van der Waals surface area contributed by atoms with Crippen molar-refractivity contribution in [1.29, 1.82) is 0 Å². The van der Waals surface area contributed by atoms with Crippen LogP contribution in [0.4, 0.5) is 0 Å². The average molecular weight is 193 g/mol. The first kappa shape index (κ1) is 8.55. The molecule has 0 spiro atoms. The average Bonchev–Trinajstić information content (AvgIpc) is 2.48. The first-order valence-electron chi connectivity index (χ1n) is 3.92. The number of carboxylic acid groups (broad SMARTS) is 1. The molecule has 1 atom stereocenters. The number of fused-ring (bicyclic) bond motifs is 1. The lowest BCUT2D eigenvalue weighted by molar-refractivity contribution is -0.136. The molecule has 0 saturated carbocycles. The molecule has 3 N–H and O–H groups in total. The van der Waals surface area contributed by atoms with Crippen molar-refractivity contribution < 1.29 is 20.1 Å². The van der Waals surface area contributed by atoms with Crippen molar-refractivity contribution in [1.82, 2.24) is 0 Å². The van der Waals surface area contributed by atoms with Gasteiger partial charge >= 0.3 is 5.97 Å². The standard InChI is InChI=1S/C9H7NO4/c11-7-2-4-1-6(9(13)14)10-5(4)3-8(7)12/h1-3,6,11-12H,(H,13,14)/t6-/m0/s1. The van der Waals surface area contributed by atoms with E-state index in [-0.39, 0.29) is 11.5 Å². The lowest BCUT2D eigenvalue weighted by Gasteiger charge is -1.93. The molecule has 1 aromatic carbocycles. The Balaban J connectivity index is 2.65. The van der Waals surface area contributed by atoms with Gasteiger partial charge in [0.05, 0.1) is 5.36 Å². The molecule has 1 aromatic rings. The van der Waals surface area contributed by atoms with E-state index in [0.717, 1.165) is 0 Å². The lowest BCUT2D eigenvalue weighted by atomic mass is 10.2. The third kappa shape index (κ3) is 1.19. The van der Waals surface area contributed by atoms with Gasteiger partial charge in [-0.1, -0.05) is 0 Å². The zero-order valence-corrected chi connectivity index (χ0v) is 7.01. The molecule has 0 aromatic heterocycles. The second-order valence-corrected chi connectivity index (χ2v) is 2.98. The molecule has 0 amide bonds. The van der Waals surface area contributed by atoms with Gasteiger partial charge in [-0.05, 0) is 12.1 Å². The molecule has 0 bridgehead atoms. The smallest absolute Gasteiger partial charge is 0.332 e. The number of benzene rings is 1. The highest BCUT2D eigenvalue weighted by atomic mass is 16.4.